The maximum absolute atomic E-state index is 3.77. The summed E-state index contributed by atoms with van der Waals surface area (Å²) < 4.78 is 0. The molecular weight excluding hydrogens is 208 g/mol. The Bertz CT molecular complexity index is 191. The maximum Gasteiger partial charge on any atom is 0.0223 e. The third kappa shape index (κ3) is 5.39. The molecular formula is C15H32N2. The van der Waals surface area contributed by atoms with Crippen LogP contribution in [0.1, 0.15) is 52.4 Å². The van der Waals surface area contributed by atoms with Gasteiger partial charge < -0.3 is 10.2 Å². The van der Waals surface area contributed by atoms with E-state index in [0.29, 0.717) is 6.04 Å². The third-order valence-electron chi connectivity index (χ3n) is 4.19. The molecule has 0 heterocycles. The summed E-state index contributed by atoms with van der Waals surface area (Å²) >= 11 is 0. The number of hydrogen-bond acceptors (Lipinski definition) is 2. The van der Waals surface area contributed by atoms with Crippen molar-refractivity contribution >= 4 is 0 Å². The average Bonchev–Trinajstić information content (AvgIpc) is 2.34. The van der Waals surface area contributed by atoms with Crippen LogP contribution >= 0.6 is 0 Å². The van der Waals surface area contributed by atoms with Gasteiger partial charge in [-0.1, -0.05) is 33.1 Å². The Balaban J connectivity index is 2.48. The molecule has 0 aromatic heterocycles. The summed E-state index contributed by atoms with van der Waals surface area (Å²) in [7, 11) is 4.39. The van der Waals surface area contributed by atoms with Crippen LogP contribution in [0.4, 0.5) is 0 Å². The largest absolute Gasteiger partial charge is 0.312 e. The van der Waals surface area contributed by atoms with E-state index in [1.807, 2.05) is 0 Å². The average molecular weight is 240 g/mol. The van der Waals surface area contributed by atoms with Crippen LogP contribution in [-0.2, 0) is 0 Å². The van der Waals surface area contributed by atoms with Gasteiger partial charge in [-0.2, -0.15) is 0 Å². The quantitative estimate of drug-likeness (QED) is 0.735. The fourth-order valence-electron chi connectivity index (χ4n) is 3.17. The van der Waals surface area contributed by atoms with Gasteiger partial charge in [0, 0.05) is 12.6 Å². The van der Waals surface area contributed by atoms with Crippen molar-refractivity contribution in [1.82, 2.24) is 10.2 Å². The van der Waals surface area contributed by atoms with Crippen LogP contribution in [-0.4, -0.2) is 38.1 Å². The van der Waals surface area contributed by atoms with Crippen LogP contribution in [0, 0.1) is 11.8 Å². The predicted molar refractivity (Wildman–Crippen MR) is 76.4 cm³/mol. The molecule has 0 bridgehead atoms. The van der Waals surface area contributed by atoms with E-state index in [0.717, 1.165) is 11.8 Å². The second-order valence-corrected chi connectivity index (χ2v) is 6.02. The molecule has 2 nitrogen and oxygen atoms in total. The van der Waals surface area contributed by atoms with Gasteiger partial charge in [0.05, 0.1) is 0 Å². The van der Waals surface area contributed by atoms with Gasteiger partial charge >= 0.3 is 0 Å². The van der Waals surface area contributed by atoms with Crippen LogP contribution in [0.5, 0.6) is 0 Å². The van der Waals surface area contributed by atoms with Gasteiger partial charge in [-0.3, -0.25) is 0 Å². The third-order valence-corrected chi connectivity index (χ3v) is 4.19. The van der Waals surface area contributed by atoms with Crippen molar-refractivity contribution < 1.29 is 0 Å². The molecule has 0 aliphatic heterocycles. The highest BCUT2D eigenvalue weighted by molar-refractivity contribution is 4.83. The summed E-state index contributed by atoms with van der Waals surface area (Å²) in [5, 5.41) is 3.77. The second kappa shape index (κ2) is 8.10. The SMILES string of the molecule is CCCNC(CN(C)C)C1CCCC(CC)C1. The highest BCUT2D eigenvalue weighted by atomic mass is 15.1. The van der Waals surface area contributed by atoms with Gasteiger partial charge in [0.1, 0.15) is 0 Å². The molecule has 1 N–H and O–H groups in total. The lowest BCUT2D eigenvalue weighted by Gasteiger charge is -2.36. The Hall–Kier alpha value is -0.0800. The molecule has 3 unspecified atom stereocenters. The minimum atomic E-state index is 0.708. The van der Waals surface area contributed by atoms with Gasteiger partial charge in [-0.25, -0.2) is 0 Å². The van der Waals surface area contributed by atoms with E-state index in [9.17, 15) is 0 Å². The molecule has 0 saturated heterocycles. The molecule has 2 heteroatoms. The molecule has 1 aliphatic carbocycles. The Morgan fingerprint density at radius 1 is 1.24 bits per heavy atom. The monoisotopic (exact) mass is 240 g/mol. The molecule has 0 radical (unpaired) electrons. The van der Waals surface area contributed by atoms with E-state index in [2.05, 4.69) is 38.2 Å². The van der Waals surface area contributed by atoms with Crippen LogP contribution in [0.2, 0.25) is 0 Å². The standard InChI is InChI=1S/C15H32N2/c1-5-10-16-15(12-17(3)4)14-9-7-8-13(6-2)11-14/h13-16H,5-12H2,1-4H3. The summed E-state index contributed by atoms with van der Waals surface area (Å²) in [5.41, 5.74) is 0. The zero-order valence-corrected chi connectivity index (χ0v) is 12.3. The zero-order valence-electron chi connectivity index (χ0n) is 12.3. The summed E-state index contributed by atoms with van der Waals surface area (Å²) in [4.78, 5) is 2.34. The Morgan fingerprint density at radius 2 is 2.00 bits per heavy atom. The first-order valence-corrected chi connectivity index (χ1v) is 7.55. The first-order valence-electron chi connectivity index (χ1n) is 7.55. The minimum absolute atomic E-state index is 0.708. The normalized spacial score (nSPS) is 27.4. The van der Waals surface area contributed by atoms with E-state index < -0.39 is 0 Å². The van der Waals surface area contributed by atoms with Crippen molar-refractivity contribution in [2.45, 2.75) is 58.4 Å². The molecule has 1 fully saturated rings. The topological polar surface area (TPSA) is 15.3 Å². The van der Waals surface area contributed by atoms with E-state index in [-0.39, 0.29) is 0 Å². The lowest BCUT2D eigenvalue weighted by molar-refractivity contribution is 0.182. The van der Waals surface area contributed by atoms with Crippen LogP contribution in [0.3, 0.4) is 0 Å². The molecule has 0 aromatic carbocycles. The molecule has 17 heavy (non-hydrogen) atoms. The van der Waals surface area contributed by atoms with E-state index >= 15 is 0 Å². The van der Waals surface area contributed by atoms with E-state index in [1.54, 1.807) is 0 Å². The van der Waals surface area contributed by atoms with Crippen LogP contribution in [0.25, 0.3) is 0 Å². The Labute approximate surface area is 108 Å². The fourth-order valence-corrected chi connectivity index (χ4v) is 3.17. The molecule has 102 valence electrons. The second-order valence-electron chi connectivity index (χ2n) is 6.02. The Morgan fingerprint density at radius 3 is 2.59 bits per heavy atom. The summed E-state index contributed by atoms with van der Waals surface area (Å²) in [6, 6.07) is 0.708. The van der Waals surface area contributed by atoms with Crippen molar-refractivity contribution in [3.05, 3.63) is 0 Å². The van der Waals surface area contributed by atoms with Crippen molar-refractivity contribution in [2.24, 2.45) is 11.8 Å². The first kappa shape index (κ1) is 15.0. The van der Waals surface area contributed by atoms with Gasteiger partial charge in [0.25, 0.3) is 0 Å². The van der Waals surface area contributed by atoms with Crippen molar-refractivity contribution in [2.75, 3.05) is 27.2 Å². The highest BCUT2D eigenvalue weighted by Gasteiger charge is 2.27. The van der Waals surface area contributed by atoms with Gasteiger partial charge in [0.2, 0.25) is 0 Å². The van der Waals surface area contributed by atoms with Crippen molar-refractivity contribution in [3.8, 4) is 0 Å². The molecule has 3 atom stereocenters. The highest BCUT2D eigenvalue weighted by Crippen LogP contribution is 2.33. The number of rotatable bonds is 7. The van der Waals surface area contributed by atoms with E-state index in [1.165, 1.54) is 51.6 Å². The molecule has 0 aromatic rings. The van der Waals surface area contributed by atoms with Gasteiger partial charge in [0.15, 0.2) is 0 Å². The lowest BCUT2D eigenvalue weighted by Crippen LogP contribution is -2.45. The molecule has 1 saturated carbocycles. The minimum Gasteiger partial charge on any atom is -0.312 e. The smallest absolute Gasteiger partial charge is 0.0223 e. The molecule has 1 rings (SSSR count). The van der Waals surface area contributed by atoms with Gasteiger partial charge in [-0.15, -0.1) is 0 Å². The van der Waals surface area contributed by atoms with Crippen LogP contribution < -0.4 is 5.32 Å². The van der Waals surface area contributed by atoms with Crippen molar-refractivity contribution in [1.29, 1.82) is 0 Å². The number of likely N-dealkylation sites (N-methyl/N-ethyl adjacent to an activating group) is 1. The summed E-state index contributed by atoms with van der Waals surface area (Å²) in [6.45, 7) is 6.98. The molecule has 0 amide bonds. The molecule has 1 aliphatic rings. The first-order chi connectivity index (χ1) is 8.17. The molecule has 0 spiro atoms. The number of hydrogen-bond donors (Lipinski definition) is 1. The zero-order chi connectivity index (χ0) is 12.7. The Kier molecular flexibility index (Phi) is 7.14. The van der Waals surface area contributed by atoms with Crippen molar-refractivity contribution in [3.63, 3.8) is 0 Å². The fraction of sp³-hybridized carbons (Fsp3) is 1.00. The van der Waals surface area contributed by atoms with E-state index in [4.69, 9.17) is 0 Å². The predicted octanol–water partition coefficient (Wildman–Crippen LogP) is 3.13. The maximum atomic E-state index is 3.77. The van der Waals surface area contributed by atoms with Crippen LogP contribution in [0.15, 0.2) is 0 Å². The lowest BCUT2D eigenvalue weighted by atomic mass is 9.76. The van der Waals surface area contributed by atoms with Gasteiger partial charge in [-0.05, 0) is 51.7 Å². The summed E-state index contributed by atoms with van der Waals surface area (Å²) in [6.07, 6.45) is 8.42. The summed E-state index contributed by atoms with van der Waals surface area (Å²) in [5.74, 6) is 1.89. The number of nitrogens with zero attached hydrogens (tertiary/aromatic N) is 1. The number of nitrogens with one attached hydrogen (secondary N) is 1.